The highest BCUT2D eigenvalue weighted by atomic mass is 31.2. The zero-order valence-corrected chi connectivity index (χ0v) is 37.0. The van der Waals surface area contributed by atoms with Crippen molar-refractivity contribution in [2.75, 3.05) is 81.4 Å². The number of carbonyl (C=O) groups excluding carboxylic acids is 4. The molecule has 0 spiro atoms. The number of amides is 4. The van der Waals surface area contributed by atoms with Crippen LogP contribution in [0.5, 0.6) is 0 Å². The van der Waals surface area contributed by atoms with Crippen LogP contribution in [-0.4, -0.2) is 172 Å². The smallest absolute Gasteiger partial charge is 0.247 e. The topological polar surface area (TPSA) is 199 Å². The van der Waals surface area contributed by atoms with Crippen molar-refractivity contribution >= 4 is 46.2 Å². The van der Waals surface area contributed by atoms with E-state index in [1.54, 1.807) is 30.9 Å². The lowest BCUT2D eigenvalue weighted by atomic mass is 9.89. The molecule has 0 bridgehead atoms. The number of nitrogens with two attached hydrogens (primary N) is 1. The summed E-state index contributed by atoms with van der Waals surface area (Å²) in [5, 5.41) is 5.25. The van der Waals surface area contributed by atoms with Gasteiger partial charge in [0.1, 0.15) is 18.0 Å². The Morgan fingerprint density at radius 1 is 1.06 bits per heavy atom. The van der Waals surface area contributed by atoms with E-state index in [-0.39, 0.29) is 42.8 Å². The van der Waals surface area contributed by atoms with Gasteiger partial charge >= 0.3 is 0 Å². The van der Waals surface area contributed by atoms with Gasteiger partial charge in [-0.25, -0.2) is 4.99 Å². The molecule has 0 aliphatic carbocycles. The van der Waals surface area contributed by atoms with Crippen LogP contribution in [0.3, 0.4) is 0 Å². The summed E-state index contributed by atoms with van der Waals surface area (Å²) in [7, 11) is 10.6. The molecule has 1 rings (SSSR count). The number of aliphatic imine (C=N–C) groups is 1. The van der Waals surface area contributed by atoms with E-state index in [4.69, 9.17) is 20.2 Å². The van der Waals surface area contributed by atoms with Gasteiger partial charge in [-0.2, -0.15) is 0 Å². The van der Waals surface area contributed by atoms with E-state index in [1.165, 1.54) is 7.11 Å². The third kappa shape index (κ3) is 14.0. The van der Waals surface area contributed by atoms with Gasteiger partial charge in [0.05, 0.1) is 36.6 Å². The number of likely N-dealkylation sites (N-methyl/N-ethyl adjacent to an activating group) is 1. The molecule has 0 aromatic heterocycles. The molecule has 54 heavy (non-hydrogen) atoms. The van der Waals surface area contributed by atoms with E-state index in [0.717, 1.165) is 6.42 Å². The first kappa shape index (κ1) is 49.7. The summed E-state index contributed by atoms with van der Waals surface area (Å²) in [6.07, 6.45) is 0.640. The monoisotopic (exact) mass is 806 g/mol. The molecule has 10 atom stereocenters. The molecular formula is C36H72N8O8P2. The maximum absolute atomic E-state index is 14.2. The predicted molar refractivity (Wildman–Crippen MR) is 217 cm³/mol. The second-order valence-electron chi connectivity index (χ2n) is 15.2. The molecule has 1 aliphatic rings. The molecule has 1 saturated heterocycles. The van der Waals surface area contributed by atoms with Crippen LogP contribution in [0.4, 0.5) is 0 Å². The molecule has 5 N–H and O–H groups in total. The van der Waals surface area contributed by atoms with Crippen LogP contribution in [0.25, 0.3) is 0 Å². The Kier molecular flexibility index (Phi) is 21.8. The van der Waals surface area contributed by atoms with E-state index in [1.807, 2.05) is 65.7 Å². The van der Waals surface area contributed by atoms with Gasteiger partial charge in [0.25, 0.3) is 0 Å². The summed E-state index contributed by atoms with van der Waals surface area (Å²) in [4.78, 5) is 77.1. The number of likely N-dealkylation sites (tertiary alicyclic amines) is 1. The first-order valence-electron chi connectivity index (χ1n) is 19.1. The minimum absolute atomic E-state index is 0.00304. The first-order chi connectivity index (χ1) is 25.2. The second-order valence-corrected chi connectivity index (χ2v) is 18.1. The highest BCUT2D eigenvalue weighted by molar-refractivity contribution is 7.60. The number of nitrogens with one attached hydrogen (secondary N) is 2. The summed E-state index contributed by atoms with van der Waals surface area (Å²) in [6, 6.07) is -1.53. The van der Waals surface area contributed by atoms with Crippen molar-refractivity contribution in [3.05, 3.63) is 0 Å². The fourth-order valence-corrected chi connectivity index (χ4v) is 9.59. The number of ether oxygens (including phenoxy) is 2. The van der Waals surface area contributed by atoms with Crippen LogP contribution in [0.1, 0.15) is 66.7 Å². The third-order valence-electron chi connectivity index (χ3n) is 10.3. The summed E-state index contributed by atoms with van der Waals surface area (Å²) in [5.41, 5.74) is 5.46. The number of guanidine groups is 1. The molecule has 0 aromatic carbocycles. The van der Waals surface area contributed by atoms with E-state index < -0.39 is 67.4 Å². The Hall–Kier alpha value is -2.35. The van der Waals surface area contributed by atoms with Gasteiger partial charge in [-0.3, -0.25) is 23.7 Å². The van der Waals surface area contributed by atoms with Crippen molar-refractivity contribution in [1.82, 2.24) is 30.2 Å². The molecule has 0 aromatic rings. The fourth-order valence-electron chi connectivity index (χ4n) is 7.08. The minimum atomic E-state index is -4.13. The van der Waals surface area contributed by atoms with Gasteiger partial charge in [-0.15, -0.1) is 9.24 Å². The maximum Gasteiger partial charge on any atom is 0.247 e. The number of hydrogen-bond acceptors (Lipinski definition) is 9. The van der Waals surface area contributed by atoms with Crippen LogP contribution in [-0.2, 0) is 33.2 Å². The molecule has 4 amide bonds. The predicted octanol–water partition coefficient (Wildman–Crippen LogP) is 1.46. The molecule has 0 radical (unpaired) electrons. The lowest BCUT2D eigenvalue weighted by Gasteiger charge is -2.40. The Labute approximate surface area is 326 Å². The van der Waals surface area contributed by atoms with Crippen LogP contribution in [0, 0.1) is 17.8 Å². The Balaban J connectivity index is 3.27. The van der Waals surface area contributed by atoms with Gasteiger partial charge in [0.15, 0.2) is 5.96 Å². The van der Waals surface area contributed by atoms with Crippen LogP contribution in [0.15, 0.2) is 4.99 Å². The SMILES string of the molecule is CC[C@H](C)[C@@H]([C@@H](CC(=O)N1CCC[C@H]1[C@H](OC)[C@@H](C)C(=O)N[C@@H](CP)P(=O)(O)CC(=O)NCCCN)OC)N(C)C(=O)[C@@H](N=C(N(C)C)N(C)C)C(C)C. The lowest BCUT2D eigenvalue weighted by molar-refractivity contribution is -0.146. The highest BCUT2D eigenvalue weighted by Crippen LogP contribution is 2.45. The average Bonchev–Trinajstić information content (AvgIpc) is 3.59. The van der Waals surface area contributed by atoms with Crippen molar-refractivity contribution in [2.24, 2.45) is 28.5 Å². The van der Waals surface area contributed by atoms with E-state index in [9.17, 15) is 28.6 Å². The molecule has 1 heterocycles. The quantitative estimate of drug-likeness (QED) is 0.0535. The van der Waals surface area contributed by atoms with Gasteiger partial charge in [-0.05, 0) is 43.8 Å². The minimum Gasteiger partial charge on any atom is -0.379 e. The standard InChI is InChI=1S/C36H72N8O8P2/c1-13-24(4)32(43(10)35(48)31(23(2)3)40-36(41(6)7)42(8)9)27(51-11)20-30(46)44-19-14-16-26(44)33(52-12)25(5)34(47)39-29(21-53)54(49,50)22-28(45)38-18-15-17-37/h23-27,29,31-33H,13-22,37,53H2,1-12H3,(H,38,45)(H,39,47)(H,49,50)/t24-,25+,26-,27+,29+,31-,32-,33+/m0/s1. The zero-order valence-electron chi connectivity index (χ0n) is 34.9. The summed E-state index contributed by atoms with van der Waals surface area (Å²) < 4.78 is 25.1. The number of carbonyl (C=O) groups is 4. The van der Waals surface area contributed by atoms with Crippen molar-refractivity contribution in [2.45, 2.75) is 103 Å². The number of hydrogen-bond donors (Lipinski definition) is 4. The zero-order chi connectivity index (χ0) is 41.5. The van der Waals surface area contributed by atoms with E-state index >= 15 is 0 Å². The molecule has 16 nitrogen and oxygen atoms in total. The summed E-state index contributed by atoms with van der Waals surface area (Å²) in [5.74, 6) is -2.86. The fraction of sp³-hybridized carbons (Fsp3) is 0.861. The van der Waals surface area contributed by atoms with Gasteiger partial charge < -0.3 is 50.3 Å². The van der Waals surface area contributed by atoms with E-state index in [0.29, 0.717) is 38.3 Å². The summed E-state index contributed by atoms with van der Waals surface area (Å²) in [6.45, 7) is 10.8. The molecule has 1 fully saturated rings. The van der Waals surface area contributed by atoms with Crippen LogP contribution < -0.4 is 16.4 Å². The molecule has 314 valence electrons. The van der Waals surface area contributed by atoms with Gasteiger partial charge in [0, 0.05) is 62.5 Å². The highest BCUT2D eigenvalue weighted by Gasteiger charge is 2.44. The maximum atomic E-state index is 14.2. The number of nitrogens with zero attached hydrogens (tertiary/aromatic N) is 5. The molecule has 2 unspecified atom stereocenters. The van der Waals surface area contributed by atoms with Crippen molar-refractivity contribution < 1.29 is 38.1 Å². The molecule has 18 heteroatoms. The number of methoxy groups -OCH3 is 2. The second kappa shape index (κ2) is 23.7. The normalized spacial score (nSPS) is 19.4. The Morgan fingerprint density at radius 2 is 1.67 bits per heavy atom. The summed E-state index contributed by atoms with van der Waals surface area (Å²) >= 11 is 0. The van der Waals surface area contributed by atoms with Gasteiger partial charge in [0.2, 0.25) is 31.0 Å². The van der Waals surface area contributed by atoms with Gasteiger partial charge in [-0.1, -0.05) is 41.0 Å². The molecular weight excluding hydrogens is 734 g/mol. The molecule has 1 aliphatic heterocycles. The Morgan fingerprint density at radius 3 is 2.15 bits per heavy atom. The largest absolute Gasteiger partial charge is 0.379 e. The third-order valence-corrected chi connectivity index (χ3v) is 13.2. The van der Waals surface area contributed by atoms with Crippen molar-refractivity contribution in [3.63, 3.8) is 0 Å². The van der Waals surface area contributed by atoms with Crippen LogP contribution in [0.2, 0.25) is 0 Å². The number of rotatable bonds is 22. The van der Waals surface area contributed by atoms with Crippen LogP contribution >= 0.6 is 16.6 Å². The first-order valence-corrected chi connectivity index (χ1v) is 21.8. The van der Waals surface area contributed by atoms with Crippen molar-refractivity contribution in [1.29, 1.82) is 0 Å². The van der Waals surface area contributed by atoms with E-state index in [2.05, 4.69) is 19.9 Å². The molecule has 0 saturated carbocycles. The lowest BCUT2D eigenvalue weighted by Crippen LogP contribution is -2.55. The van der Waals surface area contributed by atoms with Crippen molar-refractivity contribution in [3.8, 4) is 0 Å². The Bertz CT molecular complexity index is 1280. The average molecular weight is 807 g/mol.